The summed E-state index contributed by atoms with van der Waals surface area (Å²) < 4.78 is 5.01. The fraction of sp³-hybridized carbons (Fsp3) is 0.600. The van der Waals surface area contributed by atoms with E-state index < -0.39 is 6.04 Å². The summed E-state index contributed by atoms with van der Waals surface area (Å²) in [4.78, 5) is 28.6. The van der Waals surface area contributed by atoms with Crippen molar-refractivity contribution in [2.45, 2.75) is 64.3 Å². The number of unbranched alkanes of at least 4 members (excludes halogenated alkanes) is 4. The van der Waals surface area contributed by atoms with Gasteiger partial charge in [-0.2, -0.15) is 0 Å². The van der Waals surface area contributed by atoms with Crippen LogP contribution in [0.3, 0.4) is 0 Å². The van der Waals surface area contributed by atoms with E-state index in [0.29, 0.717) is 25.3 Å². The molecule has 1 rings (SSSR count). The molecule has 28 heavy (non-hydrogen) atoms. The largest absolute Gasteiger partial charge is 0.481 e. The van der Waals surface area contributed by atoms with E-state index in [1.165, 1.54) is 6.42 Å². The molecule has 1 aromatic heterocycles. The number of amidine groups is 1. The minimum absolute atomic E-state index is 0.00248. The zero-order chi connectivity index (χ0) is 20.8. The number of aromatic nitrogens is 1. The fourth-order valence-electron chi connectivity index (χ4n) is 2.72. The number of methoxy groups -OCH3 is 1. The zero-order valence-electron chi connectivity index (χ0n) is 16.9. The predicted molar refractivity (Wildman–Crippen MR) is 109 cm³/mol. The van der Waals surface area contributed by atoms with E-state index in [4.69, 9.17) is 15.9 Å². The molecule has 5 N–H and O–H groups in total. The Morgan fingerprint density at radius 1 is 1.25 bits per heavy atom. The second-order valence-electron chi connectivity index (χ2n) is 6.76. The van der Waals surface area contributed by atoms with Gasteiger partial charge in [-0.1, -0.05) is 38.7 Å². The van der Waals surface area contributed by atoms with Crippen molar-refractivity contribution in [3.05, 3.63) is 23.9 Å². The topological polar surface area (TPSA) is 130 Å². The molecule has 1 heterocycles. The molecule has 8 heteroatoms. The molecule has 0 aliphatic rings. The molecule has 0 saturated heterocycles. The summed E-state index contributed by atoms with van der Waals surface area (Å²) in [5, 5.41) is 12.9. The number of nitrogens with zero attached hydrogens (tertiary/aromatic N) is 1. The van der Waals surface area contributed by atoms with Gasteiger partial charge in [0.15, 0.2) is 0 Å². The summed E-state index contributed by atoms with van der Waals surface area (Å²) in [6, 6.07) is 2.82. The van der Waals surface area contributed by atoms with Crippen LogP contribution in [0.1, 0.15) is 57.4 Å². The van der Waals surface area contributed by atoms with Crippen molar-refractivity contribution >= 4 is 17.6 Å². The van der Waals surface area contributed by atoms with Gasteiger partial charge in [-0.3, -0.25) is 15.0 Å². The molecule has 0 aromatic carbocycles. The van der Waals surface area contributed by atoms with Crippen LogP contribution in [0.5, 0.6) is 5.88 Å². The lowest BCUT2D eigenvalue weighted by Crippen LogP contribution is -2.48. The minimum atomic E-state index is -0.824. The van der Waals surface area contributed by atoms with Crippen LogP contribution >= 0.6 is 0 Å². The van der Waals surface area contributed by atoms with Gasteiger partial charge in [0, 0.05) is 31.6 Å². The molecule has 0 saturated carbocycles. The Bertz CT molecular complexity index is 619. The van der Waals surface area contributed by atoms with Crippen LogP contribution in [0.25, 0.3) is 0 Å². The molecule has 0 bridgehead atoms. The minimum Gasteiger partial charge on any atom is -0.481 e. The number of rotatable bonds is 14. The van der Waals surface area contributed by atoms with E-state index in [1.54, 1.807) is 19.4 Å². The first-order valence-electron chi connectivity index (χ1n) is 9.85. The maximum absolute atomic E-state index is 12.4. The van der Waals surface area contributed by atoms with Gasteiger partial charge >= 0.3 is 0 Å². The van der Waals surface area contributed by atoms with Gasteiger partial charge in [0.2, 0.25) is 17.7 Å². The number of nitrogens with one attached hydrogen (secondary N) is 3. The van der Waals surface area contributed by atoms with Crippen LogP contribution < -0.4 is 21.1 Å². The number of amides is 2. The summed E-state index contributed by atoms with van der Waals surface area (Å²) in [7, 11) is 1.55. The Labute approximate surface area is 167 Å². The van der Waals surface area contributed by atoms with Crippen LogP contribution in [-0.4, -0.2) is 42.3 Å². The molecule has 0 aliphatic carbocycles. The molecule has 0 radical (unpaired) electrons. The third kappa shape index (κ3) is 9.89. The molecule has 8 nitrogen and oxygen atoms in total. The standard InChI is InChI=1S/C20H33N5O3/c1-3-4-5-6-7-8-18(26)25-16(13-17(21)22)20(27)23-12-11-15-9-10-19(28-2)24-14-15/h9-10,14,16H,3-8,11-13H2,1-2H3,(H3,21,22)(H,23,27)(H,25,26)/t16-/m1/s1. The second-order valence-corrected chi connectivity index (χ2v) is 6.76. The maximum Gasteiger partial charge on any atom is 0.243 e. The molecule has 0 aliphatic heterocycles. The molecule has 0 fully saturated rings. The summed E-state index contributed by atoms with van der Waals surface area (Å²) in [5.74, 6) is -0.122. The normalized spacial score (nSPS) is 11.5. The highest BCUT2D eigenvalue weighted by atomic mass is 16.5. The van der Waals surface area contributed by atoms with E-state index in [0.717, 1.165) is 31.2 Å². The number of hydrogen-bond acceptors (Lipinski definition) is 5. The van der Waals surface area contributed by atoms with Crippen molar-refractivity contribution in [2.75, 3.05) is 13.7 Å². The molecule has 0 unspecified atom stereocenters. The molecule has 1 atom stereocenters. The maximum atomic E-state index is 12.4. The van der Waals surface area contributed by atoms with Crippen molar-refractivity contribution < 1.29 is 14.3 Å². The second kappa shape index (κ2) is 13.5. The highest BCUT2D eigenvalue weighted by Gasteiger charge is 2.21. The van der Waals surface area contributed by atoms with Crippen LogP contribution in [0, 0.1) is 5.41 Å². The number of hydrogen-bond donors (Lipinski definition) is 4. The van der Waals surface area contributed by atoms with Crippen LogP contribution in [0.4, 0.5) is 0 Å². The van der Waals surface area contributed by atoms with Crippen molar-refractivity contribution in [3.63, 3.8) is 0 Å². The van der Waals surface area contributed by atoms with Crippen LogP contribution in [-0.2, 0) is 16.0 Å². The van der Waals surface area contributed by atoms with Gasteiger partial charge in [-0.25, -0.2) is 4.98 Å². The Hall–Kier alpha value is -2.64. The lowest BCUT2D eigenvalue weighted by atomic mass is 10.1. The molecule has 0 spiro atoms. The first-order chi connectivity index (χ1) is 13.5. The van der Waals surface area contributed by atoms with Crippen LogP contribution in [0.15, 0.2) is 18.3 Å². The van der Waals surface area contributed by atoms with Crippen molar-refractivity contribution in [1.82, 2.24) is 15.6 Å². The highest BCUT2D eigenvalue weighted by Crippen LogP contribution is 2.07. The van der Waals surface area contributed by atoms with Gasteiger partial charge in [-0.05, 0) is 18.4 Å². The predicted octanol–water partition coefficient (Wildman–Crippen LogP) is 1.92. The Morgan fingerprint density at radius 2 is 2.00 bits per heavy atom. The number of carbonyl (C=O) groups is 2. The van der Waals surface area contributed by atoms with Gasteiger partial charge in [0.25, 0.3) is 0 Å². The van der Waals surface area contributed by atoms with E-state index in [2.05, 4.69) is 22.5 Å². The summed E-state index contributed by atoms with van der Waals surface area (Å²) >= 11 is 0. The average molecular weight is 392 g/mol. The van der Waals surface area contributed by atoms with Crippen LogP contribution in [0.2, 0.25) is 0 Å². The number of nitrogens with two attached hydrogens (primary N) is 1. The van der Waals surface area contributed by atoms with Crippen molar-refractivity contribution in [1.29, 1.82) is 5.41 Å². The lowest BCUT2D eigenvalue weighted by molar-refractivity contribution is -0.128. The summed E-state index contributed by atoms with van der Waals surface area (Å²) in [5.41, 5.74) is 6.40. The SMILES string of the molecule is CCCCCCCC(=O)N[C@H](CC(=N)N)C(=O)NCCc1ccc(OC)nc1. The summed E-state index contributed by atoms with van der Waals surface area (Å²) in [6.45, 7) is 2.54. The monoisotopic (exact) mass is 391 g/mol. The van der Waals surface area contributed by atoms with Gasteiger partial charge in [0.05, 0.1) is 12.9 Å². The van der Waals surface area contributed by atoms with E-state index in [-0.39, 0.29) is 24.1 Å². The molecule has 156 valence electrons. The zero-order valence-corrected chi connectivity index (χ0v) is 16.9. The van der Waals surface area contributed by atoms with Crippen molar-refractivity contribution in [3.8, 4) is 5.88 Å². The van der Waals surface area contributed by atoms with Gasteiger partial charge in [0.1, 0.15) is 6.04 Å². The Kier molecular flexibility index (Phi) is 11.3. The first kappa shape index (κ1) is 23.4. The van der Waals surface area contributed by atoms with Gasteiger partial charge in [-0.15, -0.1) is 0 Å². The highest BCUT2D eigenvalue weighted by molar-refractivity contribution is 5.92. The molecule has 1 aromatic rings. The van der Waals surface area contributed by atoms with E-state index in [1.807, 2.05) is 6.07 Å². The van der Waals surface area contributed by atoms with E-state index >= 15 is 0 Å². The molecular weight excluding hydrogens is 358 g/mol. The quantitative estimate of drug-likeness (QED) is 0.219. The molecule has 2 amide bonds. The summed E-state index contributed by atoms with van der Waals surface area (Å²) in [6.07, 6.45) is 7.90. The number of pyridine rings is 1. The van der Waals surface area contributed by atoms with E-state index in [9.17, 15) is 9.59 Å². The lowest BCUT2D eigenvalue weighted by Gasteiger charge is -2.18. The molecular formula is C20H33N5O3. The average Bonchev–Trinajstić information content (AvgIpc) is 2.67. The smallest absolute Gasteiger partial charge is 0.243 e. The van der Waals surface area contributed by atoms with Crippen molar-refractivity contribution in [2.24, 2.45) is 5.73 Å². The Balaban J connectivity index is 2.42. The Morgan fingerprint density at radius 3 is 2.61 bits per heavy atom. The number of carbonyl (C=O) groups excluding carboxylic acids is 2. The van der Waals surface area contributed by atoms with Gasteiger partial charge < -0.3 is 21.1 Å². The number of ether oxygens (including phenoxy) is 1. The first-order valence-corrected chi connectivity index (χ1v) is 9.85. The fourth-order valence-corrected chi connectivity index (χ4v) is 2.72. The third-order valence-corrected chi connectivity index (χ3v) is 4.30. The third-order valence-electron chi connectivity index (χ3n) is 4.30.